The van der Waals surface area contributed by atoms with E-state index in [1.54, 1.807) is 13.0 Å². The van der Waals surface area contributed by atoms with E-state index in [1.807, 2.05) is 32.0 Å². The first kappa shape index (κ1) is 12.5. The zero-order valence-corrected chi connectivity index (χ0v) is 9.99. The standard InChI is InChI=1S/C13H18N2O/c1-10(2)13(3,16)9-15-12-7-5-4-6-11(12)8-14/h4-7,10,15-16H,9H2,1-3H3. The first-order chi connectivity index (χ1) is 7.47. The molecule has 2 N–H and O–H groups in total. The monoisotopic (exact) mass is 218 g/mol. The van der Waals surface area contributed by atoms with E-state index in [4.69, 9.17) is 5.26 Å². The molecule has 0 saturated heterocycles. The lowest BCUT2D eigenvalue weighted by Crippen LogP contribution is -2.38. The smallest absolute Gasteiger partial charge is 0.101 e. The zero-order chi connectivity index (χ0) is 12.2. The third kappa shape index (κ3) is 2.98. The van der Waals surface area contributed by atoms with Crippen LogP contribution < -0.4 is 5.32 Å². The molecule has 1 aromatic rings. The summed E-state index contributed by atoms with van der Waals surface area (Å²) in [6.45, 7) is 6.17. The molecule has 1 unspecified atom stereocenters. The molecule has 1 atom stereocenters. The number of para-hydroxylation sites is 1. The quantitative estimate of drug-likeness (QED) is 0.815. The van der Waals surface area contributed by atoms with Gasteiger partial charge in [0.2, 0.25) is 0 Å². The number of aliphatic hydroxyl groups is 1. The van der Waals surface area contributed by atoms with Crippen LogP contribution in [0.4, 0.5) is 5.69 Å². The minimum atomic E-state index is -0.775. The van der Waals surface area contributed by atoms with E-state index in [1.165, 1.54) is 0 Å². The third-order valence-electron chi connectivity index (χ3n) is 2.93. The van der Waals surface area contributed by atoms with Crippen LogP contribution in [0, 0.1) is 17.2 Å². The summed E-state index contributed by atoms with van der Waals surface area (Å²) in [6, 6.07) is 9.41. The number of anilines is 1. The van der Waals surface area contributed by atoms with Crippen molar-refractivity contribution in [2.45, 2.75) is 26.4 Å². The Kier molecular flexibility index (Phi) is 3.92. The van der Waals surface area contributed by atoms with Crippen molar-refractivity contribution in [3.05, 3.63) is 29.8 Å². The molecule has 0 bridgehead atoms. The highest BCUT2D eigenvalue weighted by Crippen LogP contribution is 2.19. The van der Waals surface area contributed by atoms with Gasteiger partial charge in [0.05, 0.1) is 16.9 Å². The van der Waals surface area contributed by atoms with Gasteiger partial charge in [0.1, 0.15) is 6.07 Å². The van der Waals surface area contributed by atoms with Gasteiger partial charge in [0, 0.05) is 6.54 Å². The Labute approximate surface area is 96.7 Å². The molecule has 0 spiro atoms. The third-order valence-corrected chi connectivity index (χ3v) is 2.93. The molecular formula is C13H18N2O. The minimum absolute atomic E-state index is 0.161. The van der Waals surface area contributed by atoms with Gasteiger partial charge in [-0.3, -0.25) is 0 Å². The molecule has 0 amide bonds. The molecule has 0 saturated carbocycles. The number of hydrogen-bond acceptors (Lipinski definition) is 3. The van der Waals surface area contributed by atoms with E-state index in [-0.39, 0.29) is 5.92 Å². The van der Waals surface area contributed by atoms with E-state index in [0.29, 0.717) is 12.1 Å². The molecule has 86 valence electrons. The molecule has 0 heterocycles. The summed E-state index contributed by atoms with van der Waals surface area (Å²) in [6.07, 6.45) is 0. The number of rotatable bonds is 4. The highest BCUT2D eigenvalue weighted by atomic mass is 16.3. The average molecular weight is 218 g/mol. The Bertz CT molecular complexity index is 391. The van der Waals surface area contributed by atoms with Gasteiger partial charge in [-0.2, -0.15) is 5.26 Å². The van der Waals surface area contributed by atoms with Crippen LogP contribution in [0.2, 0.25) is 0 Å². The van der Waals surface area contributed by atoms with Gasteiger partial charge in [-0.05, 0) is 25.0 Å². The molecule has 3 nitrogen and oxygen atoms in total. The van der Waals surface area contributed by atoms with Crippen LogP contribution in [0.15, 0.2) is 24.3 Å². The second kappa shape index (κ2) is 5.00. The summed E-state index contributed by atoms with van der Waals surface area (Å²) in [7, 11) is 0. The highest BCUT2D eigenvalue weighted by molar-refractivity contribution is 5.57. The summed E-state index contributed by atoms with van der Waals surface area (Å²) in [4.78, 5) is 0. The molecule has 1 aromatic carbocycles. The molecule has 0 aromatic heterocycles. The van der Waals surface area contributed by atoms with Crippen LogP contribution >= 0.6 is 0 Å². The maximum absolute atomic E-state index is 10.1. The number of benzene rings is 1. The van der Waals surface area contributed by atoms with Crippen molar-refractivity contribution in [1.82, 2.24) is 0 Å². The Hall–Kier alpha value is -1.53. The predicted molar refractivity (Wildman–Crippen MR) is 65.1 cm³/mol. The fourth-order valence-electron chi connectivity index (χ4n) is 1.21. The van der Waals surface area contributed by atoms with Crippen molar-refractivity contribution in [1.29, 1.82) is 5.26 Å². The van der Waals surface area contributed by atoms with E-state index >= 15 is 0 Å². The molecule has 16 heavy (non-hydrogen) atoms. The number of nitrogens with zero attached hydrogens (tertiary/aromatic N) is 1. The van der Waals surface area contributed by atoms with Crippen LogP contribution in [-0.4, -0.2) is 17.3 Å². The van der Waals surface area contributed by atoms with Crippen molar-refractivity contribution in [2.75, 3.05) is 11.9 Å². The molecule has 0 aliphatic rings. The molecule has 0 fully saturated rings. The molecular weight excluding hydrogens is 200 g/mol. The normalized spacial score (nSPS) is 14.2. The van der Waals surface area contributed by atoms with Crippen molar-refractivity contribution in [3.8, 4) is 6.07 Å². The zero-order valence-electron chi connectivity index (χ0n) is 9.99. The summed E-state index contributed by atoms with van der Waals surface area (Å²) in [5, 5.41) is 22.1. The number of nitriles is 1. The molecule has 3 heteroatoms. The van der Waals surface area contributed by atoms with Crippen LogP contribution in [-0.2, 0) is 0 Å². The van der Waals surface area contributed by atoms with Gasteiger partial charge < -0.3 is 10.4 Å². The summed E-state index contributed by atoms with van der Waals surface area (Å²) >= 11 is 0. The molecule has 0 aliphatic carbocycles. The summed E-state index contributed by atoms with van der Waals surface area (Å²) in [5.74, 6) is 0.161. The maximum atomic E-state index is 10.1. The number of nitrogens with one attached hydrogen (secondary N) is 1. The van der Waals surface area contributed by atoms with Crippen LogP contribution in [0.3, 0.4) is 0 Å². The predicted octanol–water partition coefficient (Wildman–Crippen LogP) is 2.38. The fraction of sp³-hybridized carbons (Fsp3) is 0.462. The van der Waals surface area contributed by atoms with E-state index in [0.717, 1.165) is 5.69 Å². The van der Waals surface area contributed by atoms with Crippen molar-refractivity contribution >= 4 is 5.69 Å². The van der Waals surface area contributed by atoms with E-state index in [2.05, 4.69) is 11.4 Å². The first-order valence-corrected chi connectivity index (χ1v) is 5.43. The van der Waals surface area contributed by atoms with Gasteiger partial charge in [0.15, 0.2) is 0 Å². The SMILES string of the molecule is CC(C)C(C)(O)CNc1ccccc1C#N. The Morgan fingerprint density at radius 3 is 2.62 bits per heavy atom. The van der Waals surface area contributed by atoms with E-state index < -0.39 is 5.60 Å². The van der Waals surface area contributed by atoms with Crippen LogP contribution in [0.5, 0.6) is 0 Å². The van der Waals surface area contributed by atoms with Crippen molar-refractivity contribution in [2.24, 2.45) is 5.92 Å². The van der Waals surface area contributed by atoms with E-state index in [9.17, 15) is 5.11 Å². The Morgan fingerprint density at radius 1 is 1.44 bits per heavy atom. The highest BCUT2D eigenvalue weighted by Gasteiger charge is 2.24. The number of hydrogen-bond donors (Lipinski definition) is 2. The van der Waals surface area contributed by atoms with Gasteiger partial charge in [-0.25, -0.2) is 0 Å². The average Bonchev–Trinajstić information content (AvgIpc) is 2.26. The van der Waals surface area contributed by atoms with Gasteiger partial charge in [-0.1, -0.05) is 26.0 Å². The summed E-state index contributed by atoms with van der Waals surface area (Å²) in [5.41, 5.74) is 0.593. The Morgan fingerprint density at radius 2 is 2.06 bits per heavy atom. The lowest BCUT2D eigenvalue weighted by atomic mass is 9.92. The summed E-state index contributed by atoms with van der Waals surface area (Å²) < 4.78 is 0. The largest absolute Gasteiger partial charge is 0.388 e. The van der Waals surface area contributed by atoms with Gasteiger partial charge >= 0.3 is 0 Å². The minimum Gasteiger partial charge on any atom is -0.388 e. The fourth-order valence-corrected chi connectivity index (χ4v) is 1.21. The van der Waals surface area contributed by atoms with Crippen molar-refractivity contribution < 1.29 is 5.11 Å². The first-order valence-electron chi connectivity index (χ1n) is 5.43. The molecule has 0 radical (unpaired) electrons. The topological polar surface area (TPSA) is 56.0 Å². The van der Waals surface area contributed by atoms with Gasteiger partial charge in [-0.15, -0.1) is 0 Å². The van der Waals surface area contributed by atoms with Crippen LogP contribution in [0.1, 0.15) is 26.3 Å². The van der Waals surface area contributed by atoms with Crippen LogP contribution in [0.25, 0.3) is 0 Å². The van der Waals surface area contributed by atoms with Crippen molar-refractivity contribution in [3.63, 3.8) is 0 Å². The molecule has 1 rings (SSSR count). The lowest BCUT2D eigenvalue weighted by molar-refractivity contribution is 0.0266. The second-order valence-corrected chi connectivity index (χ2v) is 4.52. The second-order valence-electron chi connectivity index (χ2n) is 4.52. The molecule has 0 aliphatic heterocycles. The van der Waals surface area contributed by atoms with Gasteiger partial charge in [0.25, 0.3) is 0 Å². The maximum Gasteiger partial charge on any atom is 0.101 e. The Balaban J connectivity index is 2.72. The lowest BCUT2D eigenvalue weighted by Gasteiger charge is -2.28.